The summed E-state index contributed by atoms with van der Waals surface area (Å²) in [6, 6.07) is 20.2. The van der Waals surface area contributed by atoms with E-state index in [0.717, 1.165) is 0 Å². The fourth-order valence-corrected chi connectivity index (χ4v) is 6.54. The maximum absolute atomic E-state index is 3.95. The molecule has 3 aromatic carbocycles. The molecule has 0 aliphatic rings. The van der Waals surface area contributed by atoms with Gasteiger partial charge in [-0.2, -0.15) is 0 Å². The molecule has 1 heteroatoms. The van der Waals surface area contributed by atoms with E-state index >= 15 is 0 Å². The average molecular weight is 556 g/mol. The lowest BCUT2D eigenvalue weighted by molar-refractivity contribution is 0.594. The van der Waals surface area contributed by atoms with Crippen molar-refractivity contribution < 1.29 is 0 Å². The van der Waals surface area contributed by atoms with Gasteiger partial charge in [-0.25, -0.2) is 0 Å². The number of nitrogens with one attached hydrogen (secondary N) is 1. The fourth-order valence-electron chi connectivity index (χ4n) is 6.54. The van der Waals surface area contributed by atoms with Crippen LogP contribution in [0.5, 0.6) is 0 Å². The largest absolute Gasteiger partial charge is 0.355 e. The molecule has 0 saturated heterocycles. The Kier molecular flexibility index (Phi) is 16.7. The fraction of sp³-hybridized carbons (Fsp3) is 0.600. The molecular weight excluding hydrogens is 494 g/mol. The first kappa shape index (κ1) is 33.2. The maximum Gasteiger partial charge on any atom is 0.0499 e. The number of hydrogen-bond acceptors (Lipinski definition) is 1. The van der Waals surface area contributed by atoms with Crippen LogP contribution < -0.4 is 5.32 Å². The second-order valence-electron chi connectivity index (χ2n) is 12.4. The van der Waals surface area contributed by atoms with E-state index < -0.39 is 0 Å². The molecule has 0 fully saturated rings. The second-order valence-corrected chi connectivity index (χ2v) is 12.4. The van der Waals surface area contributed by atoms with Gasteiger partial charge >= 0.3 is 0 Å². The quantitative estimate of drug-likeness (QED) is 0.115. The van der Waals surface area contributed by atoms with E-state index in [-0.39, 0.29) is 0 Å². The van der Waals surface area contributed by atoms with E-state index in [4.69, 9.17) is 0 Å². The zero-order valence-electron chi connectivity index (χ0n) is 27.0. The van der Waals surface area contributed by atoms with Crippen LogP contribution in [0.4, 0.5) is 11.4 Å². The third kappa shape index (κ3) is 11.5. The molecule has 1 N–H and O–H groups in total. The minimum absolute atomic E-state index is 1.20. The van der Waals surface area contributed by atoms with Crippen molar-refractivity contribution in [2.24, 2.45) is 0 Å². The van der Waals surface area contributed by atoms with Gasteiger partial charge in [0.25, 0.3) is 0 Å². The van der Waals surface area contributed by atoms with Crippen molar-refractivity contribution in [3.05, 3.63) is 71.3 Å². The number of benzene rings is 3. The third-order valence-corrected chi connectivity index (χ3v) is 8.94. The minimum atomic E-state index is 1.20. The van der Waals surface area contributed by atoms with E-state index in [1.54, 1.807) is 16.7 Å². The van der Waals surface area contributed by atoms with Gasteiger partial charge in [0.1, 0.15) is 0 Å². The number of hydrogen-bond donors (Lipinski definition) is 1. The van der Waals surface area contributed by atoms with Crippen LogP contribution in [0.1, 0.15) is 153 Å². The zero-order chi connectivity index (χ0) is 29.0. The molecule has 41 heavy (non-hydrogen) atoms. The second kappa shape index (κ2) is 20.6. The van der Waals surface area contributed by atoms with E-state index in [2.05, 4.69) is 80.7 Å². The molecule has 0 heterocycles. The van der Waals surface area contributed by atoms with E-state index in [0.29, 0.717) is 0 Å². The molecule has 1 nitrogen and oxygen atoms in total. The van der Waals surface area contributed by atoms with Gasteiger partial charge < -0.3 is 5.32 Å². The van der Waals surface area contributed by atoms with Gasteiger partial charge in [-0.3, -0.25) is 0 Å². The summed E-state index contributed by atoms with van der Waals surface area (Å²) in [7, 11) is 0. The number of unbranched alkanes of at least 4 members (excludes halogenated alkanes) is 15. The first-order valence-corrected chi connectivity index (χ1v) is 17.7. The Bertz CT molecular complexity index is 1080. The first-order chi connectivity index (χ1) is 20.3. The summed E-state index contributed by atoms with van der Waals surface area (Å²) in [6.07, 6.45) is 28.1. The van der Waals surface area contributed by atoms with Gasteiger partial charge in [0, 0.05) is 16.8 Å². The molecule has 0 saturated carbocycles. The van der Waals surface area contributed by atoms with Gasteiger partial charge in [-0.05, 0) is 72.7 Å². The predicted molar refractivity (Wildman–Crippen MR) is 185 cm³/mol. The molecule has 3 rings (SSSR count). The van der Waals surface area contributed by atoms with Gasteiger partial charge in [-0.15, -0.1) is 0 Å². The van der Waals surface area contributed by atoms with Crippen LogP contribution >= 0.6 is 0 Å². The van der Waals surface area contributed by atoms with Gasteiger partial charge in [0.05, 0.1) is 0 Å². The standard InChI is InChI=1S/C40H61N/c1-4-7-10-13-16-22-29-35-36(30-23-17-14-11-8-5-2)38(32-24-18-15-12-9-6-3)40(39-33-26-25-31-37(35)39)41-34-27-20-19-21-28-34/h19-21,25-28,31,33,41H,4-18,22-24,29-30,32H2,1-3H3. The van der Waals surface area contributed by atoms with Crippen LogP contribution in [0.3, 0.4) is 0 Å². The van der Waals surface area contributed by atoms with Crippen LogP contribution in [-0.4, -0.2) is 0 Å². The Labute approximate surface area is 253 Å². The maximum atomic E-state index is 3.95. The Hall–Kier alpha value is -2.28. The van der Waals surface area contributed by atoms with Crippen molar-refractivity contribution in [2.75, 3.05) is 5.32 Å². The molecule has 0 aliphatic heterocycles. The van der Waals surface area contributed by atoms with Crippen molar-refractivity contribution in [3.63, 3.8) is 0 Å². The highest BCUT2D eigenvalue weighted by atomic mass is 14.9. The Morgan fingerprint density at radius 2 is 0.805 bits per heavy atom. The van der Waals surface area contributed by atoms with Crippen molar-refractivity contribution in [1.29, 1.82) is 0 Å². The molecule has 0 radical (unpaired) electrons. The number of anilines is 2. The molecular formula is C40H61N. The predicted octanol–water partition coefficient (Wildman–Crippen LogP) is 13.3. The molecule has 3 aromatic rings. The average Bonchev–Trinajstić information content (AvgIpc) is 3.00. The number of rotatable bonds is 23. The van der Waals surface area contributed by atoms with Crippen LogP contribution in [0.25, 0.3) is 10.8 Å². The Morgan fingerprint density at radius 1 is 0.390 bits per heavy atom. The summed E-state index contributed by atoms with van der Waals surface area (Å²) >= 11 is 0. The van der Waals surface area contributed by atoms with Crippen molar-refractivity contribution >= 4 is 22.1 Å². The number of fused-ring (bicyclic) bond motifs is 1. The van der Waals surface area contributed by atoms with Gasteiger partial charge in [0.15, 0.2) is 0 Å². The molecule has 0 bridgehead atoms. The summed E-state index contributed by atoms with van der Waals surface area (Å²) in [5.74, 6) is 0. The third-order valence-electron chi connectivity index (χ3n) is 8.94. The molecule has 0 aliphatic carbocycles. The van der Waals surface area contributed by atoms with Crippen LogP contribution in [0.15, 0.2) is 54.6 Å². The highest BCUT2D eigenvalue weighted by Gasteiger charge is 2.19. The highest BCUT2D eigenvalue weighted by Crippen LogP contribution is 2.39. The lowest BCUT2D eigenvalue weighted by atomic mass is 9.84. The van der Waals surface area contributed by atoms with Crippen molar-refractivity contribution in [1.82, 2.24) is 0 Å². The topological polar surface area (TPSA) is 12.0 Å². The van der Waals surface area contributed by atoms with Gasteiger partial charge in [0.2, 0.25) is 0 Å². The molecule has 0 atom stereocenters. The lowest BCUT2D eigenvalue weighted by Gasteiger charge is -2.24. The van der Waals surface area contributed by atoms with Crippen molar-refractivity contribution in [2.45, 2.75) is 156 Å². The van der Waals surface area contributed by atoms with E-state index in [1.165, 1.54) is 157 Å². The lowest BCUT2D eigenvalue weighted by Crippen LogP contribution is -2.08. The molecule has 0 aromatic heterocycles. The molecule has 0 amide bonds. The first-order valence-electron chi connectivity index (χ1n) is 17.7. The summed E-state index contributed by atoms with van der Waals surface area (Å²) in [5.41, 5.74) is 7.57. The minimum Gasteiger partial charge on any atom is -0.355 e. The summed E-state index contributed by atoms with van der Waals surface area (Å²) in [4.78, 5) is 0. The number of para-hydroxylation sites is 1. The molecule has 0 unspecified atom stereocenters. The summed E-state index contributed by atoms with van der Waals surface area (Å²) in [5, 5.41) is 6.87. The SMILES string of the molecule is CCCCCCCCc1c(CCCCCCCC)c(Nc2ccccc2)c2ccccc2c1CCCCCCCC. The molecule has 226 valence electrons. The summed E-state index contributed by atoms with van der Waals surface area (Å²) < 4.78 is 0. The zero-order valence-corrected chi connectivity index (χ0v) is 27.0. The monoisotopic (exact) mass is 555 g/mol. The van der Waals surface area contributed by atoms with Crippen LogP contribution in [-0.2, 0) is 19.3 Å². The molecule has 0 spiro atoms. The van der Waals surface area contributed by atoms with E-state index in [9.17, 15) is 0 Å². The summed E-state index contributed by atoms with van der Waals surface area (Å²) in [6.45, 7) is 6.95. The van der Waals surface area contributed by atoms with Gasteiger partial charge in [-0.1, -0.05) is 160 Å². The van der Waals surface area contributed by atoms with Crippen molar-refractivity contribution in [3.8, 4) is 0 Å². The normalized spacial score (nSPS) is 11.4. The Morgan fingerprint density at radius 3 is 1.34 bits per heavy atom. The number of aryl methyl sites for hydroxylation is 1. The highest BCUT2D eigenvalue weighted by molar-refractivity contribution is 6.00. The Balaban J connectivity index is 1.97. The van der Waals surface area contributed by atoms with Crippen LogP contribution in [0.2, 0.25) is 0 Å². The van der Waals surface area contributed by atoms with E-state index in [1.807, 2.05) is 0 Å². The smallest absolute Gasteiger partial charge is 0.0499 e. The van der Waals surface area contributed by atoms with Crippen LogP contribution in [0, 0.1) is 0 Å².